The molecule has 0 heterocycles. The number of rotatable bonds is 15. The lowest BCUT2D eigenvalue weighted by Gasteiger charge is -2.27. The molecule has 5 atom stereocenters. The van der Waals surface area contributed by atoms with Crippen molar-refractivity contribution in [1.29, 1.82) is 0 Å². The van der Waals surface area contributed by atoms with E-state index in [0.29, 0.717) is 5.56 Å². The van der Waals surface area contributed by atoms with Crippen LogP contribution < -0.4 is 27.4 Å². The van der Waals surface area contributed by atoms with E-state index in [1.807, 2.05) is 0 Å². The standard InChI is InChI=1S/C24H37N5O8/c1-12(2)10-18(24(36)37)28-23(35)20(13(3)30)29-22(34)17(11-14-4-6-15(31)7-5-14)27-21(33)16(25)8-9-19(26)32/h4-7,12-13,16-18,20,30-31H,8-11,25H2,1-3H3,(H2,26,32)(H,27,33)(H,28,35)(H,29,34)(H,36,37). The Balaban J connectivity index is 3.09. The number of aliphatic hydroxyl groups is 1. The first-order valence-corrected chi connectivity index (χ1v) is 11.8. The van der Waals surface area contributed by atoms with Crippen molar-refractivity contribution in [3.8, 4) is 5.75 Å². The fourth-order valence-corrected chi connectivity index (χ4v) is 3.40. The number of aromatic hydroxyl groups is 1. The summed E-state index contributed by atoms with van der Waals surface area (Å²) >= 11 is 0. The molecule has 0 spiro atoms. The van der Waals surface area contributed by atoms with E-state index in [2.05, 4.69) is 16.0 Å². The second-order valence-corrected chi connectivity index (χ2v) is 9.30. The van der Waals surface area contributed by atoms with E-state index in [0.717, 1.165) is 0 Å². The highest BCUT2D eigenvalue weighted by Gasteiger charge is 2.33. The lowest BCUT2D eigenvalue weighted by Crippen LogP contribution is -2.60. The lowest BCUT2D eigenvalue weighted by atomic mass is 10.0. The maximum atomic E-state index is 13.2. The van der Waals surface area contributed by atoms with E-state index < -0.39 is 59.9 Å². The van der Waals surface area contributed by atoms with Crippen molar-refractivity contribution >= 4 is 29.6 Å². The van der Waals surface area contributed by atoms with E-state index in [1.165, 1.54) is 31.2 Å². The maximum absolute atomic E-state index is 13.2. The zero-order valence-corrected chi connectivity index (χ0v) is 21.1. The minimum absolute atomic E-state index is 0.0116. The molecular formula is C24H37N5O8. The summed E-state index contributed by atoms with van der Waals surface area (Å²) < 4.78 is 0. The second-order valence-electron chi connectivity index (χ2n) is 9.30. The van der Waals surface area contributed by atoms with Gasteiger partial charge in [-0.1, -0.05) is 26.0 Å². The zero-order chi connectivity index (χ0) is 28.3. The number of hydrogen-bond donors (Lipinski definition) is 8. The van der Waals surface area contributed by atoms with Crippen LogP contribution in [0, 0.1) is 5.92 Å². The van der Waals surface area contributed by atoms with Gasteiger partial charge in [0.15, 0.2) is 0 Å². The molecule has 5 unspecified atom stereocenters. The number of carbonyl (C=O) groups is 5. The normalized spacial score (nSPS) is 15.1. The summed E-state index contributed by atoms with van der Waals surface area (Å²) in [5.41, 5.74) is 11.4. The first-order valence-electron chi connectivity index (χ1n) is 11.8. The van der Waals surface area contributed by atoms with Gasteiger partial charge in [0.25, 0.3) is 0 Å². The third-order valence-electron chi connectivity index (χ3n) is 5.43. The Morgan fingerprint density at radius 1 is 0.892 bits per heavy atom. The molecule has 1 aromatic rings. The molecule has 4 amide bonds. The molecule has 0 saturated heterocycles. The van der Waals surface area contributed by atoms with Gasteiger partial charge in [0.2, 0.25) is 23.6 Å². The van der Waals surface area contributed by atoms with Crippen LogP contribution in [0.3, 0.4) is 0 Å². The van der Waals surface area contributed by atoms with E-state index in [9.17, 15) is 39.3 Å². The fourth-order valence-electron chi connectivity index (χ4n) is 3.40. The van der Waals surface area contributed by atoms with Gasteiger partial charge >= 0.3 is 5.97 Å². The molecule has 0 aromatic heterocycles. The highest BCUT2D eigenvalue weighted by molar-refractivity contribution is 5.94. The minimum atomic E-state index is -1.52. The number of amides is 4. The fraction of sp³-hybridized carbons (Fsp3) is 0.542. The predicted molar refractivity (Wildman–Crippen MR) is 133 cm³/mol. The Kier molecular flexibility index (Phi) is 12.5. The summed E-state index contributed by atoms with van der Waals surface area (Å²) in [5, 5.41) is 36.2. The van der Waals surface area contributed by atoms with Gasteiger partial charge in [-0.2, -0.15) is 0 Å². The second kappa shape index (κ2) is 14.8. The van der Waals surface area contributed by atoms with E-state index >= 15 is 0 Å². The zero-order valence-electron chi connectivity index (χ0n) is 21.1. The number of aliphatic carboxylic acids is 1. The van der Waals surface area contributed by atoms with Crippen molar-refractivity contribution in [2.24, 2.45) is 17.4 Å². The molecule has 0 aliphatic carbocycles. The SMILES string of the molecule is CC(C)CC(NC(=O)C(NC(=O)C(Cc1ccc(O)cc1)NC(=O)C(N)CCC(N)=O)C(C)O)C(=O)O. The molecular weight excluding hydrogens is 486 g/mol. The summed E-state index contributed by atoms with van der Waals surface area (Å²) in [7, 11) is 0. The maximum Gasteiger partial charge on any atom is 0.326 e. The number of primary amides is 1. The molecule has 37 heavy (non-hydrogen) atoms. The Morgan fingerprint density at radius 3 is 1.95 bits per heavy atom. The summed E-state index contributed by atoms with van der Waals surface area (Å²) in [6.45, 7) is 4.80. The van der Waals surface area contributed by atoms with Crippen molar-refractivity contribution in [3.63, 3.8) is 0 Å². The number of nitrogens with two attached hydrogens (primary N) is 2. The van der Waals surface area contributed by atoms with Crippen LogP contribution in [0.1, 0.15) is 45.6 Å². The number of carboxylic acid groups (broad SMARTS) is 1. The topological polar surface area (TPSA) is 234 Å². The molecule has 0 radical (unpaired) electrons. The summed E-state index contributed by atoms with van der Waals surface area (Å²) in [4.78, 5) is 61.1. The predicted octanol–water partition coefficient (Wildman–Crippen LogP) is -1.51. The van der Waals surface area contributed by atoms with Crippen LogP contribution in [0.15, 0.2) is 24.3 Å². The van der Waals surface area contributed by atoms with Crippen LogP contribution in [0.25, 0.3) is 0 Å². The Bertz CT molecular complexity index is 951. The van der Waals surface area contributed by atoms with Crippen LogP contribution in [0.2, 0.25) is 0 Å². The molecule has 1 rings (SSSR count). The molecule has 0 aliphatic heterocycles. The number of phenols is 1. The van der Waals surface area contributed by atoms with Gasteiger partial charge in [-0.05, 0) is 43.4 Å². The molecule has 13 nitrogen and oxygen atoms in total. The van der Waals surface area contributed by atoms with Crippen LogP contribution in [0.5, 0.6) is 5.75 Å². The number of nitrogens with one attached hydrogen (secondary N) is 3. The molecule has 0 fully saturated rings. The first-order chi connectivity index (χ1) is 17.2. The minimum Gasteiger partial charge on any atom is -0.508 e. The third-order valence-corrected chi connectivity index (χ3v) is 5.43. The lowest BCUT2D eigenvalue weighted by molar-refractivity contribution is -0.143. The average molecular weight is 524 g/mol. The van der Waals surface area contributed by atoms with Gasteiger partial charge in [0.05, 0.1) is 12.1 Å². The van der Waals surface area contributed by atoms with Crippen molar-refractivity contribution in [1.82, 2.24) is 16.0 Å². The van der Waals surface area contributed by atoms with Gasteiger partial charge < -0.3 is 42.7 Å². The highest BCUT2D eigenvalue weighted by Crippen LogP contribution is 2.12. The molecule has 0 saturated carbocycles. The van der Waals surface area contributed by atoms with Crippen molar-refractivity contribution in [2.75, 3.05) is 0 Å². The number of aliphatic hydroxyl groups excluding tert-OH is 1. The smallest absolute Gasteiger partial charge is 0.326 e. The van der Waals surface area contributed by atoms with Crippen LogP contribution in [0.4, 0.5) is 0 Å². The van der Waals surface area contributed by atoms with Crippen molar-refractivity contribution < 1.29 is 39.3 Å². The van der Waals surface area contributed by atoms with Crippen molar-refractivity contribution in [2.45, 2.75) is 76.7 Å². The molecule has 13 heteroatoms. The molecule has 10 N–H and O–H groups in total. The number of carboxylic acids is 1. The molecule has 0 bridgehead atoms. The Hall–Kier alpha value is -3.71. The monoisotopic (exact) mass is 523 g/mol. The van der Waals surface area contributed by atoms with Crippen molar-refractivity contribution in [3.05, 3.63) is 29.8 Å². The quantitative estimate of drug-likeness (QED) is 0.133. The van der Waals surface area contributed by atoms with Gasteiger partial charge in [-0.3, -0.25) is 19.2 Å². The number of hydrogen-bond acceptors (Lipinski definition) is 8. The van der Waals surface area contributed by atoms with Gasteiger partial charge in [0, 0.05) is 12.8 Å². The van der Waals surface area contributed by atoms with E-state index in [1.54, 1.807) is 13.8 Å². The van der Waals surface area contributed by atoms with Gasteiger partial charge in [0.1, 0.15) is 23.9 Å². The Labute approximate surface area is 215 Å². The largest absolute Gasteiger partial charge is 0.508 e. The van der Waals surface area contributed by atoms with Gasteiger partial charge in [-0.15, -0.1) is 0 Å². The molecule has 1 aromatic carbocycles. The Morgan fingerprint density at radius 2 is 1.46 bits per heavy atom. The highest BCUT2D eigenvalue weighted by atomic mass is 16.4. The first kappa shape index (κ1) is 31.3. The third kappa shape index (κ3) is 11.3. The summed E-state index contributed by atoms with van der Waals surface area (Å²) in [6, 6.07) is 0.650. The number of benzene rings is 1. The summed E-state index contributed by atoms with van der Waals surface area (Å²) in [6.07, 6.45) is -1.54. The van der Waals surface area contributed by atoms with Crippen LogP contribution in [-0.2, 0) is 30.4 Å². The van der Waals surface area contributed by atoms with Crippen LogP contribution in [-0.4, -0.2) is 75.2 Å². The van der Waals surface area contributed by atoms with E-state index in [-0.39, 0.29) is 37.4 Å². The number of carbonyl (C=O) groups excluding carboxylic acids is 4. The van der Waals surface area contributed by atoms with Crippen LogP contribution >= 0.6 is 0 Å². The van der Waals surface area contributed by atoms with E-state index in [4.69, 9.17) is 11.5 Å². The molecule has 0 aliphatic rings. The number of phenolic OH excluding ortho intramolecular Hbond substituents is 1. The average Bonchev–Trinajstić information content (AvgIpc) is 2.80. The molecule has 206 valence electrons. The summed E-state index contributed by atoms with van der Waals surface area (Å²) in [5.74, 6) is -4.48. The van der Waals surface area contributed by atoms with Gasteiger partial charge in [-0.25, -0.2) is 4.79 Å².